The van der Waals surface area contributed by atoms with Gasteiger partial charge in [-0.3, -0.25) is 19.6 Å². The third kappa shape index (κ3) is 7.35. The molecule has 1 radical (unpaired) electrons. The van der Waals surface area contributed by atoms with E-state index in [2.05, 4.69) is 9.97 Å². The fourth-order valence-corrected chi connectivity index (χ4v) is 2.24. The first-order chi connectivity index (χ1) is 13.0. The molecule has 0 saturated heterocycles. The molecule has 3 rings (SSSR count). The van der Waals surface area contributed by atoms with Crippen molar-refractivity contribution in [1.29, 1.82) is 0 Å². The Morgan fingerprint density at radius 3 is 1.93 bits per heavy atom. The van der Waals surface area contributed by atoms with Crippen LogP contribution in [-0.4, -0.2) is 26.6 Å². The summed E-state index contributed by atoms with van der Waals surface area (Å²) < 4.78 is 0. The molecule has 0 fully saturated rings. The summed E-state index contributed by atoms with van der Waals surface area (Å²) in [5.74, 6) is -0.0850. The van der Waals surface area contributed by atoms with Crippen LogP contribution >= 0.6 is 0 Å². The summed E-state index contributed by atoms with van der Waals surface area (Å²) in [7, 11) is 0. The van der Waals surface area contributed by atoms with Crippen molar-refractivity contribution in [1.82, 2.24) is 9.97 Å². The number of aromatic nitrogens is 2. The molecule has 28 heavy (non-hydrogen) atoms. The van der Waals surface area contributed by atoms with Crippen molar-refractivity contribution in [3.63, 3.8) is 0 Å². The van der Waals surface area contributed by atoms with Crippen LogP contribution in [-0.2, 0) is 24.9 Å². The standard InChI is InChI=1S/C17H12N2O.C5H8O2.Ir/c20-17(13-6-2-1-3-7-13)14-9-10-16(19-12-14)15-8-4-5-11-18-15;1-4(6)3-5(2)7;/h1-12H;3,6H,1-2H3;/b;4-3-;. The van der Waals surface area contributed by atoms with E-state index in [-0.39, 0.29) is 37.4 Å². The van der Waals surface area contributed by atoms with Gasteiger partial charge in [-0.15, -0.1) is 0 Å². The van der Waals surface area contributed by atoms with Gasteiger partial charge in [-0.25, -0.2) is 0 Å². The van der Waals surface area contributed by atoms with Crippen LogP contribution in [0.1, 0.15) is 29.8 Å². The molecule has 0 aliphatic rings. The number of rotatable bonds is 4. The Balaban J connectivity index is 0.000000425. The van der Waals surface area contributed by atoms with Gasteiger partial charge in [-0.1, -0.05) is 36.4 Å². The molecule has 0 bridgehead atoms. The maximum Gasteiger partial charge on any atom is 0.194 e. The van der Waals surface area contributed by atoms with Crippen molar-refractivity contribution in [3.8, 4) is 11.4 Å². The van der Waals surface area contributed by atoms with E-state index < -0.39 is 0 Å². The van der Waals surface area contributed by atoms with Crippen LogP contribution in [0.5, 0.6) is 0 Å². The van der Waals surface area contributed by atoms with Crippen LogP contribution in [0.3, 0.4) is 0 Å². The summed E-state index contributed by atoms with van der Waals surface area (Å²) in [6.45, 7) is 2.85. The molecule has 5 nitrogen and oxygen atoms in total. The summed E-state index contributed by atoms with van der Waals surface area (Å²) >= 11 is 0. The summed E-state index contributed by atoms with van der Waals surface area (Å²) in [5, 5.41) is 8.36. The molecule has 0 aliphatic heterocycles. The fourth-order valence-electron chi connectivity index (χ4n) is 2.24. The minimum atomic E-state index is -0.125. The number of allylic oxidation sites excluding steroid dienone is 2. The Kier molecular flexibility index (Phi) is 9.65. The number of carbonyl (C=O) groups is 2. The van der Waals surface area contributed by atoms with E-state index >= 15 is 0 Å². The molecule has 2 heterocycles. The zero-order chi connectivity index (χ0) is 19.6. The van der Waals surface area contributed by atoms with Crippen molar-refractivity contribution in [2.75, 3.05) is 0 Å². The second-order valence-corrected chi connectivity index (χ2v) is 5.74. The second-order valence-electron chi connectivity index (χ2n) is 5.74. The molecule has 1 aromatic carbocycles. The second kappa shape index (κ2) is 11.7. The minimum absolute atomic E-state index is 0. The Bertz CT molecular complexity index is 921. The number of nitrogens with zero attached hydrogens (tertiary/aromatic N) is 2. The predicted octanol–water partition coefficient (Wildman–Crippen LogP) is 4.41. The zero-order valence-electron chi connectivity index (χ0n) is 15.5. The number of benzene rings is 1. The molecule has 145 valence electrons. The van der Waals surface area contributed by atoms with Gasteiger partial charge in [0.1, 0.15) is 0 Å². The van der Waals surface area contributed by atoms with Gasteiger partial charge in [-0.05, 0) is 38.1 Å². The van der Waals surface area contributed by atoms with E-state index in [0.717, 1.165) is 11.4 Å². The molecule has 0 amide bonds. The first-order valence-electron chi connectivity index (χ1n) is 8.32. The number of hydrogen-bond acceptors (Lipinski definition) is 5. The quantitative estimate of drug-likeness (QED) is 0.295. The topological polar surface area (TPSA) is 80.1 Å². The van der Waals surface area contributed by atoms with Crippen LogP contribution in [0.25, 0.3) is 11.4 Å². The Morgan fingerprint density at radius 2 is 1.46 bits per heavy atom. The normalized spacial score (nSPS) is 10.1. The van der Waals surface area contributed by atoms with Crippen molar-refractivity contribution in [2.45, 2.75) is 13.8 Å². The molecule has 0 aliphatic carbocycles. The van der Waals surface area contributed by atoms with E-state index in [4.69, 9.17) is 5.11 Å². The minimum Gasteiger partial charge on any atom is -0.512 e. The van der Waals surface area contributed by atoms with Crippen molar-refractivity contribution < 1.29 is 34.8 Å². The maximum absolute atomic E-state index is 12.2. The SMILES string of the molecule is CC(=O)/C=C(/C)O.O=C(c1ccccc1)c1ccc(-c2ccccn2)nc1.[Ir]. The number of pyridine rings is 2. The van der Waals surface area contributed by atoms with E-state index in [1.807, 2.05) is 42.5 Å². The zero-order valence-corrected chi connectivity index (χ0v) is 17.9. The molecule has 3 aromatic rings. The molecule has 0 atom stereocenters. The number of hydrogen-bond donors (Lipinski definition) is 1. The average Bonchev–Trinajstić information content (AvgIpc) is 2.68. The average molecular weight is 553 g/mol. The van der Waals surface area contributed by atoms with Crippen LogP contribution in [0.4, 0.5) is 0 Å². The van der Waals surface area contributed by atoms with Crippen molar-refractivity contribution in [2.24, 2.45) is 0 Å². The Hall–Kier alpha value is -2.95. The third-order valence-corrected chi connectivity index (χ3v) is 3.40. The molecule has 0 saturated carbocycles. The van der Waals surface area contributed by atoms with Crippen LogP contribution < -0.4 is 0 Å². The molecule has 1 N–H and O–H groups in total. The van der Waals surface area contributed by atoms with E-state index in [1.54, 1.807) is 30.6 Å². The largest absolute Gasteiger partial charge is 0.512 e. The maximum atomic E-state index is 12.2. The van der Waals surface area contributed by atoms with E-state index in [0.29, 0.717) is 11.1 Å². The Labute approximate surface area is 177 Å². The third-order valence-electron chi connectivity index (χ3n) is 3.40. The summed E-state index contributed by atoms with van der Waals surface area (Å²) in [6.07, 6.45) is 4.49. The van der Waals surface area contributed by atoms with Gasteiger partial charge in [0.15, 0.2) is 11.6 Å². The number of aliphatic hydroxyl groups is 1. The molecule has 2 aromatic heterocycles. The molecule has 0 unspecified atom stereocenters. The van der Waals surface area contributed by atoms with Gasteiger partial charge in [-0.2, -0.15) is 0 Å². The van der Waals surface area contributed by atoms with Crippen molar-refractivity contribution in [3.05, 3.63) is 96.0 Å². The van der Waals surface area contributed by atoms with Crippen LogP contribution in [0.15, 0.2) is 84.9 Å². The predicted molar refractivity (Wildman–Crippen MR) is 104 cm³/mol. The first kappa shape index (κ1) is 23.1. The summed E-state index contributed by atoms with van der Waals surface area (Å²) in [4.78, 5) is 30.8. The molecule has 6 heteroatoms. The summed E-state index contributed by atoms with van der Waals surface area (Å²) in [5.41, 5.74) is 2.80. The first-order valence-corrected chi connectivity index (χ1v) is 8.32. The van der Waals surface area contributed by atoms with Gasteiger partial charge in [0.25, 0.3) is 0 Å². The monoisotopic (exact) mass is 553 g/mol. The molecule has 0 spiro atoms. The molecular formula is C22H20IrN2O3. The van der Waals surface area contributed by atoms with Gasteiger partial charge >= 0.3 is 0 Å². The van der Waals surface area contributed by atoms with Crippen LogP contribution in [0.2, 0.25) is 0 Å². The Morgan fingerprint density at radius 1 is 0.821 bits per heavy atom. The van der Waals surface area contributed by atoms with Gasteiger partial charge in [0, 0.05) is 49.7 Å². The number of aliphatic hydroxyl groups excluding tert-OH is 1. The molecular weight excluding hydrogens is 532 g/mol. The number of carbonyl (C=O) groups excluding carboxylic acids is 2. The number of ketones is 2. The van der Waals surface area contributed by atoms with Gasteiger partial charge in [0.2, 0.25) is 0 Å². The van der Waals surface area contributed by atoms with E-state index in [1.165, 1.54) is 19.9 Å². The van der Waals surface area contributed by atoms with Gasteiger partial charge < -0.3 is 5.11 Å². The van der Waals surface area contributed by atoms with E-state index in [9.17, 15) is 9.59 Å². The van der Waals surface area contributed by atoms with Crippen molar-refractivity contribution >= 4 is 11.6 Å². The van der Waals surface area contributed by atoms with Crippen LogP contribution in [0, 0.1) is 0 Å². The summed E-state index contributed by atoms with van der Waals surface area (Å²) in [6, 6.07) is 18.4. The smallest absolute Gasteiger partial charge is 0.194 e. The van der Waals surface area contributed by atoms with Gasteiger partial charge in [0.05, 0.1) is 17.1 Å². The fraction of sp³-hybridized carbons (Fsp3) is 0.0909.